The van der Waals surface area contributed by atoms with E-state index in [0.29, 0.717) is 16.1 Å². The van der Waals surface area contributed by atoms with Crippen LogP contribution >= 0.6 is 23.2 Å². The molecule has 0 fully saturated rings. The third-order valence-electron chi connectivity index (χ3n) is 3.55. The Bertz CT molecular complexity index is 554. The monoisotopic (exact) mass is 321 g/mol. The van der Waals surface area contributed by atoms with Crippen LogP contribution in [0.5, 0.6) is 0 Å². The molecule has 1 unspecified atom stereocenters. The molecule has 0 aliphatic heterocycles. The minimum absolute atomic E-state index is 0.376. The summed E-state index contributed by atoms with van der Waals surface area (Å²) in [6.45, 7) is 3.22. The van der Waals surface area contributed by atoms with Crippen molar-refractivity contribution in [3.63, 3.8) is 0 Å². The van der Waals surface area contributed by atoms with Gasteiger partial charge in [-0.3, -0.25) is 0 Å². The molecule has 21 heavy (non-hydrogen) atoms. The van der Waals surface area contributed by atoms with Crippen LogP contribution in [0.1, 0.15) is 36.9 Å². The van der Waals surface area contributed by atoms with Crippen LogP contribution in [-0.2, 0) is 6.42 Å². The Morgan fingerprint density at radius 3 is 2.43 bits per heavy atom. The molecule has 0 radical (unpaired) electrons. The first-order valence-corrected chi connectivity index (χ1v) is 8.18. The van der Waals surface area contributed by atoms with Gasteiger partial charge >= 0.3 is 0 Å². The highest BCUT2D eigenvalue weighted by molar-refractivity contribution is 6.42. The van der Waals surface area contributed by atoms with Gasteiger partial charge in [0, 0.05) is 6.04 Å². The number of aryl methyl sites for hydroxylation is 1. The van der Waals surface area contributed by atoms with Gasteiger partial charge in [0.1, 0.15) is 0 Å². The van der Waals surface area contributed by atoms with Gasteiger partial charge in [-0.05, 0) is 49.1 Å². The van der Waals surface area contributed by atoms with Crippen molar-refractivity contribution in [1.82, 2.24) is 5.32 Å². The number of halogens is 2. The van der Waals surface area contributed by atoms with Gasteiger partial charge in [0.05, 0.1) is 10.0 Å². The molecule has 1 nitrogen and oxygen atoms in total. The molecule has 0 aliphatic rings. The third-order valence-corrected chi connectivity index (χ3v) is 4.29. The van der Waals surface area contributed by atoms with Crippen molar-refractivity contribution in [2.24, 2.45) is 0 Å². The molecule has 0 aliphatic carbocycles. The Morgan fingerprint density at radius 2 is 1.76 bits per heavy atom. The molecule has 1 atom stereocenters. The summed E-state index contributed by atoms with van der Waals surface area (Å²) in [6.07, 6.45) is 3.16. The topological polar surface area (TPSA) is 12.0 Å². The van der Waals surface area contributed by atoms with Crippen LogP contribution in [0.25, 0.3) is 0 Å². The van der Waals surface area contributed by atoms with Crippen molar-refractivity contribution in [3.8, 4) is 0 Å². The molecule has 3 heteroatoms. The van der Waals surface area contributed by atoms with Crippen molar-refractivity contribution in [1.29, 1.82) is 0 Å². The Labute approximate surface area is 137 Å². The summed E-state index contributed by atoms with van der Waals surface area (Å²) in [4.78, 5) is 0. The Balaban J connectivity index is 2.03. The van der Waals surface area contributed by atoms with E-state index >= 15 is 0 Å². The fourth-order valence-electron chi connectivity index (χ4n) is 2.40. The van der Waals surface area contributed by atoms with Crippen LogP contribution in [0.2, 0.25) is 10.0 Å². The number of nitrogens with one attached hydrogen (secondary N) is 1. The van der Waals surface area contributed by atoms with Gasteiger partial charge in [-0.15, -0.1) is 0 Å². The highest BCUT2D eigenvalue weighted by Gasteiger charge is 2.10. The van der Waals surface area contributed by atoms with Gasteiger partial charge in [0.2, 0.25) is 0 Å². The lowest BCUT2D eigenvalue weighted by molar-refractivity contribution is 0.499. The van der Waals surface area contributed by atoms with Crippen molar-refractivity contribution >= 4 is 23.2 Å². The minimum Gasteiger partial charge on any atom is -0.310 e. The molecule has 2 aromatic carbocycles. The highest BCUT2D eigenvalue weighted by atomic mass is 35.5. The van der Waals surface area contributed by atoms with Crippen LogP contribution < -0.4 is 5.32 Å². The van der Waals surface area contributed by atoms with E-state index in [0.717, 1.165) is 25.8 Å². The number of hydrogen-bond acceptors (Lipinski definition) is 1. The van der Waals surface area contributed by atoms with Crippen molar-refractivity contribution in [3.05, 3.63) is 69.7 Å². The van der Waals surface area contributed by atoms with E-state index in [2.05, 4.69) is 48.6 Å². The SMILES string of the molecule is CCCNC(CCc1ccc(Cl)c(Cl)c1)c1ccccc1. The predicted molar refractivity (Wildman–Crippen MR) is 92.3 cm³/mol. The van der Waals surface area contributed by atoms with Crippen LogP contribution in [0, 0.1) is 0 Å². The second-order valence-electron chi connectivity index (χ2n) is 5.20. The second-order valence-corrected chi connectivity index (χ2v) is 6.02. The fourth-order valence-corrected chi connectivity index (χ4v) is 2.72. The molecule has 112 valence electrons. The van der Waals surface area contributed by atoms with Crippen molar-refractivity contribution < 1.29 is 0 Å². The molecule has 0 aromatic heterocycles. The second kappa shape index (κ2) is 8.43. The van der Waals surface area contributed by atoms with E-state index in [9.17, 15) is 0 Å². The normalized spacial score (nSPS) is 12.3. The average molecular weight is 322 g/mol. The molecule has 0 bridgehead atoms. The zero-order valence-electron chi connectivity index (χ0n) is 12.3. The lowest BCUT2D eigenvalue weighted by atomic mass is 9.99. The Kier molecular flexibility index (Phi) is 6.56. The molecule has 0 saturated heterocycles. The summed E-state index contributed by atoms with van der Waals surface area (Å²) in [7, 11) is 0. The van der Waals surface area contributed by atoms with E-state index in [1.807, 2.05) is 12.1 Å². The molecular formula is C18H21Cl2N. The van der Waals surface area contributed by atoms with Crippen LogP contribution in [0.15, 0.2) is 48.5 Å². The molecule has 0 heterocycles. The number of hydrogen-bond donors (Lipinski definition) is 1. The number of rotatable bonds is 7. The molecule has 2 aromatic rings. The lowest BCUT2D eigenvalue weighted by Gasteiger charge is -2.19. The summed E-state index contributed by atoms with van der Waals surface area (Å²) in [5.41, 5.74) is 2.56. The van der Waals surface area contributed by atoms with Gasteiger partial charge in [0.25, 0.3) is 0 Å². The highest BCUT2D eigenvalue weighted by Crippen LogP contribution is 2.25. The van der Waals surface area contributed by atoms with Crippen molar-refractivity contribution in [2.45, 2.75) is 32.2 Å². The molecule has 0 spiro atoms. The average Bonchev–Trinajstić information content (AvgIpc) is 2.51. The van der Waals surface area contributed by atoms with Crippen molar-refractivity contribution in [2.75, 3.05) is 6.54 Å². The van der Waals surface area contributed by atoms with Gasteiger partial charge in [-0.2, -0.15) is 0 Å². The first-order chi connectivity index (χ1) is 10.2. The summed E-state index contributed by atoms with van der Waals surface area (Å²) in [5, 5.41) is 4.87. The van der Waals surface area contributed by atoms with Gasteiger partial charge in [0.15, 0.2) is 0 Å². The fraction of sp³-hybridized carbons (Fsp3) is 0.333. The van der Waals surface area contributed by atoms with Gasteiger partial charge in [-0.25, -0.2) is 0 Å². The maximum Gasteiger partial charge on any atom is 0.0595 e. The zero-order valence-corrected chi connectivity index (χ0v) is 13.8. The summed E-state index contributed by atoms with van der Waals surface area (Å²) in [5.74, 6) is 0. The van der Waals surface area contributed by atoms with Crippen LogP contribution in [0.4, 0.5) is 0 Å². The maximum absolute atomic E-state index is 6.08. The quantitative estimate of drug-likeness (QED) is 0.693. The predicted octanol–water partition coefficient (Wildman–Crippen LogP) is 5.67. The summed E-state index contributed by atoms with van der Waals surface area (Å²) < 4.78 is 0. The molecule has 1 N–H and O–H groups in total. The van der Waals surface area contributed by atoms with Gasteiger partial charge in [-0.1, -0.05) is 66.5 Å². The molecule has 0 saturated carbocycles. The summed E-state index contributed by atoms with van der Waals surface area (Å²) in [6, 6.07) is 16.9. The molecule has 0 amide bonds. The van der Waals surface area contributed by atoms with E-state index in [4.69, 9.17) is 23.2 Å². The van der Waals surface area contributed by atoms with Crippen LogP contribution in [0.3, 0.4) is 0 Å². The maximum atomic E-state index is 6.08. The molecule has 2 rings (SSSR count). The lowest BCUT2D eigenvalue weighted by Crippen LogP contribution is -2.22. The summed E-state index contributed by atoms with van der Waals surface area (Å²) >= 11 is 12.0. The van der Waals surface area contributed by atoms with E-state index < -0.39 is 0 Å². The minimum atomic E-state index is 0.376. The smallest absolute Gasteiger partial charge is 0.0595 e. The third kappa shape index (κ3) is 5.03. The Hall–Kier alpha value is -1.02. The van der Waals surface area contributed by atoms with Crippen LogP contribution in [-0.4, -0.2) is 6.54 Å². The molecular weight excluding hydrogens is 301 g/mol. The standard InChI is InChI=1S/C18H21Cl2N/c1-2-12-21-18(15-6-4-3-5-7-15)11-9-14-8-10-16(19)17(20)13-14/h3-8,10,13,18,21H,2,9,11-12H2,1H3. The van der Waals surface area contributed by atoms with E-state index in [1.54, 1.807) is 0 Å². The largest absolute Gasteiger partial charge is 0.310 e. The Morgan fingerprint density at radius 1 is 1.00 bits per heavy atom. The first-order valence-electron chi connectivity index (χ1n) is 7.43. The number of benzene rings is 2. The zero-order chi connectivity index (χ0) is 15.1. The van der Waals surface area contributed by atoms with Gasteiger partial charge < -0.3 is 5.32 Å². The van der Waals surface area contributed by atoms with E-state index in [1.165, 1.54) is 11.1 Å². The van der Waals surface area contributed by atoms with E-state index in [-0.39, 0.29) is 0 Å². The first kappa shape index (κ1) is 16.4.